The maximum atomic E-state index is 13.7. The smallest absolute Gasteiger partial charge is 0.254 e. The summed E-state index contributed by atoms with van der Waals surface area (Å²) in [6.07, 6.45) is 1.07. The summed E-state index contributed by atoms with van der Waals surface area (Å²) in [6.45, 7) is 2.62. The van der Waals surface area contributed by atoms with Crippen LogP contribution in [0.1, 0.15) is 16.8 Å². The van der Waals surface area contributed by atoms with Gasteiger partial charge in [0.1, 0.15) is 11.6 Å². The van der Waals surface area contributed by atoms with Crippen molar-refractivity contribution in [2.45, 2.75) is 6.42 Å². The van der Waals surface area contributed by atoms with E-state index in [9.17, 15) is 9.18 Å². The van der Waals surface area contributed by atoms with E-state index in [1.807, 2.05) is 0 Å². The summed E-state index contributed by atoms with van der Waals surface area (Å²) >= 11 is 0. The molecule has 5 heteroatoms. The van der Waals surface area contributed by atoms with Gasteiger partial charge in [-0.05, 0) is 38.1 Å². The van der Waals surface area contributed by atoms with Crippen LogP contribution in [0, 0.1) is 11.7 Å². The van der Waals surface area contributed by atoms with E-state index in [-0.39, 0.29) is 11.5 Å². The minimum absolute atomic E-state index is 0.0622. The van der Waals surface area contributed by atoms with E-state index < -0.39 is 5.82 Å². The number of halogens is 1. The molecule has 0 saturated carbocycles. The van der Waals surface area contributed by atoms with Gasteiger partial charge in [-0.1, -0.05) is 0 Å². The lowest BCUT2D eigenvalue weighted by atomic mass is 10.1. The van der Waals surface area contributed by atoms with E-state index in [0.717, 1.165) is 19.5 Å². The molecule has 1 N–H and O–H groups in total. The summed E-state index contributed by atoms with van der Waals surface area (Å²) < 4.78 is 18.6. The normalized spacial score (nSPS) is 19.4. The third-order valence-electron chi connectivity index (χ3n) is 3.46. The van der Waals surface area contributed by atoms with E-state index >= 15 is 0 Å². The Kier molecular flexibility index (Phi) is 4.37. The van der Waals surface area contributed by atoms with Crippen LogP contribution < -0.4 is 10.1 Å². The number of hydrogen-bond donors (Lipinski definition) is 1. The average Bonchev–Trinajstić information content (AvgIpc) is 2.81. The highest BCUT2D eigenvalue weighted by molar-refractivity contribution is 5.94. The van der Waals surface area contributed by atoms with E-state index in [1.165, 1.54) is 19.2 Å². The Bertz CT molecular complexity index is 465. The molecule has 1 aliphatic heterocycles. The maximum absolute atomic E-state index is 13.7. The van der Waals surface area contributed by atoms with Crippen molar-refractivity contribution in [2.24, 2.45) is 5.92 Å². The zero-order chi connectivity index (χ0) is 13.8. The van der Waals surface area contributed by atoms with Gasteiger partial charge in [0, 0.05) is 19.2 Å². The number of nitrogens with one attached hydrogen (secondary N) is 1. The number of likely N-dealkylation sites (tertiary alicyclic amines) is 1. The third kappa shape index (κ3) is 3.44. The van der Waals surface area contributed by atoms with Gasteiger partial charge in [-0.2, -0.15) is 0 Å². The summed E-state index contributed by atoms with van der Waals surface area (Å²) in [4.78, 5) is 14.1. The van der Waals surface area contributed by atoms with Crippen molar-refractivity contribution >= 4 is 5.91 Å². The van der Waals surface area contributed by atoms with Gasteiger partial charge in [0.15, 0.2) is 0 Å². The van der Waals surface area contributed by atoms with Crippen molar-refractivity contribution < 1.29 is 13.9 Å². The molecule has 2 rings (SSSR count). The topological polar surface area (TPSA) is 41.6 Å². The van der Waals surface area contributed by atoms with Crippen molar-refractivity contribution in [1.82, 2.24) is 10.2 Å². The van der Waals surface area contributed by atoms with Gasteiger partial charge >= 0.3 is 0 Å². The fourth-order valence-corrected chi connectivity index (χ4v) is 2.33. The van der Waals surface area contributed by atoms with Crippen LogP contribution in [0.4, 0.5) is 4.39 Å². The lowest BCUT2D eigenvalue weighted by molar-refractivity contribution is 0.0943. The van der Waals surface area contributed by atoms with Gasteiger partial charge in [-0.25, -0.2) is 4.39 Å². The van der Waals surface area contributed by atoms with E-state index in [4.69, 9.17) is 4.74 Å². The monoisotopic (exact) mass is 266 g/mol. The maximum Gasteiger partial charge on any atom is 0.254 e. The Morgan fingerprint density at radius 3 is 2.95 bits per heavy atom. The fraction of sp³-hybridized carbons (Fsp3) is 0.500. The van der Waals surface area contributed by atoms with Crippen LogP contribution in [0.5, 0.6) is 5.75 Å². The summed E-state index contributed by atoms with van der Waals surface area (Å²) in [5, 5.41) is 2.79. The molecule has 1 atom stereocenters. The van der Waals surface area contributed by atoms with E-state index in [2.05, 4.69) is 17.3 Å². The number of carbonyl (C=O) groups excluding carboxylic acids is 1. The molecule has 1 amide bonds. The Morgan fingerprint density at radius 1 is 1.58 bits per heavy atom. The van der Waals surface area contributed by atoms with Gasteiger partial charge in [-0.15, -0.1) is 0 Å². The zero-order valence-electron chi connectivity index (χ0n) is 11.3. The Morgan fingerprint density at radius 2 is 2.37 bits per heavy atom. The number of nitrogens with zero attached hydrogens (tertiary/aromatic N) is 1. The van der Waals surface area contributed by atoms with Crippen molar-refractivity contribution in [2.75, 3.05) is 33.8 Å². The average molecular weight is 266 g/mol. The number of carbonyl (C=O) groups is 1. The second kappa shape index (κ2) is 6.02. The molecule has 104 valence electrons. The molecule has 0 bridgehead atoms. The molecular weight excluding hydrogens is 247 g/mol. The quantitative estimate of drug-likeness (QED) is 0.898. The van der Waals surface area contributed by atoms with Gasteiger partial charge in [-0.3, -0.25) is 4.79 Å². The second-order valence-corrected chi connectivity index (χ2v) is 4.97. The molecule has 1 heterocycles. The molecule has 1 aromatic rings. The van der Waals surface area contributed by atoms with Crippen LogP contribution in [0.25, 0.3) is 0 Å². The van der Waals surface area contributed by atoms with Crippen molar-refractivity contribution in [1.29, 1.82) is 0 Å². The number of benzene rings is 1. The molecule has 1 fully saturated rings. The van der Waals surface area contributed by atoms with Crippen LogP contribution in [0.2, 0.25) is 0 Å². The van der Waals surface area contributed by atoms with Crippen LogP contribution in [-0.4, -0.2) is 44.6 Å². The summed E-state index contributed by atoms with van der Waals surface area (Å²) in [5.41, 5.74) is 0.0622. The Balaban J connectivity index is 1.92. The number of hydrogen-bond acceptors (Lipinski definition) is 3. The molecule has 0 spiro atoms. The van der Waals surface area contributed by atoms with Gasteiger partial charge < -0.3 is 15.0 Å². The first-order chi connectivity index (χ1) is 9.10. The zero-order valence-corrected chi connectivity index (χ0v) is 11.3. The van der Waals surface area contributed by atoms with Crippen LogP contribution in [0.3, 0.4) is 0 Å². The number of ether oxygens (including phenoxy) is 1. The molecule has 0 aliphatic carbocycles. The van der Waals surface area contributed by atoms with Crippen LogP contribution in [-0.2, 0) is 0 Å². The van der Waals surface area contributed by atoms with Crippen LogP contribution in [0.15, 0.2) is 18.2 Å². The number of rotatable bonds is 4. The molecule has 19 heavy (non-hydrogen) atoms. The van der Waals surface area contributed by atoms with E-state index in [1.54, 1.807) is 6.07 Å². The predicted octanol–water partition coefficient (Wildman–Crippen LogP) is 1.52. The Labute approximate surface area is 112 Å². The molecule has 0 aromatic heterocycles. The summed E-state index contributed by atoms with van der Waals surface area (Å²) in [5.74, 6) is -0.0585. The molecule has 4 nitrogen and oxygen atoms in total. The first kappa shape index (κ1) is 13.8. The van der Waals surface area contributed by atoms with Gasteiger partial charge in [0.25, 0.3) is 5.91 Å². The minimum Gasteiger partial charge on any atom is -0.497 e. The second-order valence-electron chi connectivity index (χ2n) is 4.97. The van der Waals surface area contributed by atoms with Gasteiger partial charge in [0.2, 0.25) is 0 Å². The van der Waals surface area contributed by atoms with E-state index in [0.29, 0.717) is 18.2 Å². The molecular formula is C14H19FN2O2. The van der Waals surface area contributed by atoms with Crippen molar-refractivity contribution in [3.05, 3.63) is 29.6 Å². The molecule has 1 aliphatic rings. The first-order valence-electron chi connectivity index (χ1n) is 6.40. The number of methoxy groups -OCH3 is 1. The van der Waals surface area contributed by atoms with Crippen molar-refractivity contribution in [3.8, 4) is 5.75 Å². The molecule has 1 unspecified atom stereocenters. The van der Waals surface area contributed by atoms with Gasteiger partial charge in [0.05, 0.1) is 12.7 Å². The lowest BCUT2D eigenvalue weighted by Gasteiger charge is -2.12. The SMILES string of the molecule is COc1ccc(C(=O)NCC2CCN(C)C2)c(F)c1. The molecule has 1 aromatic carbocycles. The summed E-state index contributed by atoms with van der Waals surface area (Å²) in [7, 11) is 3.52. The number of amides is 1. The molecule has 0 radical (unpaired) electrons. The Hall–Kier alpha value is -1.62. The highest BCUT2D eigenvalue weighted by Gasteiger charge is 2.20. The summed E-state index contributed by atoms with van der Waals surface area (Å²) in [6, 6.07) is 4.25. The fourth-order valence-electron chi connectivity index (χ4n) is 2.33. The highest BCUT2D eigenvalue weighted by atomic mass is 19.1. The third-order valence-corrected chi connectivity index (χ3v) is 3.46. The minimum atomic E-state index is -0.555. The largest absolute Gasteiger partial charge is 0.497 e. The first-order valence-corrected chi connectivity index (χ1v) is 6.40. The van der Waals surface area contributed by atoms with Crippen molar-refractivity contribution in [3.63, 3.8) is 0 Å². The lowest BCUT2D eigenvalue weighted by Crippen LogP contribution is -2.31. The molecule has 1 saturated heterocycles. The predicted molar refractivity (Wildman–Crippen MR) is 70.9 cm³/mol. The highest BCUT2D eigenvalue weighted by Crippen LogP contribution is 2.17. The standard InChI is InChI=1S/C14H19FN2O2/c1-17-6-5-10(9-17)8-16-14(18)12-4-3-11(19-2)7-13(12)15/h3-4,7,10H,5-6,8-9H2,1-2H3,(H,16,18). The van der Waals surface area contributed by atoms with Crippen LogP contribution >= 0.6 is 0 Å².